The van der Waals surface area contributed by atoms with Crippen LogP contribution < -0.4 is 0 Å². The van der Waals surface area contributed by atoms with Crippen LogP contribution in [0.15, 0.2) is 12.2 Å². The van der Waals surface area contributed by atoms with Gasteiger partial charge in [0.2, 0.25) is 0 Å². The molecule has 0 nitrogen and oxygen atoms in total. The highest BCUT2D eigenvalue weighted by molar-refractivity contribution is 6.76. The molecule has 2 heteroatoms. The lowest BCUT2D eigenvalue weighted by atomic mass is 9.95. The van der Waals surface area contributed by atoms with E-state index in [1.807, 2.05) is 0 Å². The van der Waals surface area contributed by atoms with Crippen molar-refractivity contribution in [1.82, 2.24) is 0 Å². The number of hydrogen-bond donors (Lipinski definition) is 0. The van der Waals surface area contributed by atoms with Gasteiger partial charge in [0.1, 0.15) is 0 Å². The van der Waals surface area contributed by atoms with E-state index in [0.29, 0.717) is 5.38 Å². The van der Waals surface area contributed by atoms with Crippen molar-refractivity contribution in [3.05, 3.63) is 12.2 Å². The first kappa shape index (κ1) is 12.3. The van der Waals surface area contributed by atoms with E-state index in [9.17, 15) is 0 Å². The van der Waals surface area contributed by atoms with Gasteiger partial charge >= 0.3 is 0 Å². The van der Waals surface area contributed by atoms with E-state index in [-0.39, 0.29) is 0 Å². The molecule has 14 heavy (non-hydrogen) atoms. The average molecular weight is 231 g/mol. The van der Waals surface area contributed by atoms with Crippen LogP contribution in [0.1, 0.15) is 25.7 Å². The van der Waals surface area contributed by atoms with Crippen molar-refractivity contribution >= 4 is 19.7 Å². The van der Waals surface area contributed by atoms with Crippen LogP contribution >= 0.6 is 11.6 Å². The Labute approximate surface area is 94.7 Å². The van der Waals surface area contributed by atoms with E-state index in [2.05, 4.69) is 31.8 Å². The highest BCUT2D eigenvalue weighted by Crippen LogP contribution is 2.31. The van der Waals surface area contributed by atoms with E-state index in [0.717, 1.165) is 5.92 Å². The van der Waals surface area contributed by atoms with Crippen LogP contribution in [-0.2, 0) is 0 Å². The van der Waals surface area contributed by atoms with Gasteiger partial charge in [0, 0.05) is 13.5 Å². The largest absolute Gasteiger partial charge is 0.123 e. The molecule has 2 atom stereocenters. The Morgan fingerprint density at radius 3 is 2.29 bits per heavy atom. The first-order chi connectivity index (χ1) is 6.49. The first-order valence-corrected chi connectivity index (χ1v) is 9.92. The summed E-state index contributed by atoms with van der Waals surface area (Å²) in [6.07, 6.45) is 9.51. The van der Waals surface area contributed by atoms with Crippen LogP contribution in [0, 0.1) is 5.92 Å². The lowest BCUT2D eigenvalue weighted by Gasteiger charge is -2.28. The number of alkyl halides is 1. The van der Waals surface area contributed by atoms with Gasteiger partial charge in [-0.15, -0.1) is 11.6 Å². The summed E-state index contributed by atoms with van der Waals surface area (Å²) in [5.74, 6) is 0.772. The summed E-state index contributed by atoms with van der Waals surface area (Å²) >= 11 is 6.45. The predicted octanol–water partition coefficient (Wildman–Crippen LogP) is 4.68. The Morgan fingerprint density at radius 2 is 1.71 bits per heavy atom. The maximum absolute atomic E-state index is 6.45. The summed E-state index contributed by atoms with van der Waals surface area (Å²) < 4.78 is 0. The molecule has 0 radical (unpaired) electrons. The molecule has 2 unspecified atom stereocenters. The fraction of sp³-hybridized carbons (Fsp3) is 0.833. The molecule has 0 bridgehead atoms. The molecular formula is C12H23ClSi. The first-order valence-electron chi connectivity index (χ1n) is 5.78. The molecule has 0 aromatic rings. The Bertz CT molecular complexity index is 193. The molecule has 0 heterocycles. The lowest BCUT2D eigenvalue weighted by molar-refractivity contribution is 0.476. The summed E-state index contributed by atoms with van der Waals surface area (Å²) in [5.41, 5.74) is 0. The zero-order valence-corrected chi connectivity index (χ0v) is 11.5. The molecule has 0 aliphatic heterocycles. The molecule has 1 rings (SSSR count). The van der Waals surface area contributed by atoms with Crippen molar-refractivity contribution < 1.29 is 0 Å². The number of halogens is 1. The van der Waals surface area contributed by atoms with Crippen LogP contribution in [0.5, 0.6) is 0 Å². The summed E-state index contributed by atoms with van der Waals surface area (Å²) in [5, 5.41) is 0.423. The number of hydrogen-bond acceptors (Lipinski definition) is 0. The highest BCUT2D eigenvalue weighted by atomic mass is 35.5. The zero-order valence-electron chi connectivity index (χ0n) is 9.72. The van der Waals surface area contributed by atoms with Gasteiger partial charge in [-0.2, -0.15) is 0 Å². The minimum absolute atomic E-state index is 0.423. The van der Waals surface area contributed by atoms with Gasteiger partial charge in [0.25, 0.3) is 0 Å². The average Bonchev–Trinajstić information content (AvgIpc) is 2.03. The number of allylic oxidation sites excluding steroid dienone is 2. The van der Waals surface area contributed by atoms with E-state index < -0.39 is 8.07 Å². The van der Waals surface area contributed by atoms with Crippen LogP contribution in [-0.4, -0.2) is 13.5 Å². The number of rotatable bonds is 2. The van der Waals surface area contributed by atoms with Crippen molar-refractivity contribution in [2.24, 2.45) is 5.92 Å². The van der Waals surface area contributed by atoms with Gasteiger partial charge in [-0.05, 0) is 31.6 Å². The third kappa shape index (κ3) is 4.65. The molecular weight excluding hydrogens is 208 g/mol. The maximum Gasteiger partial charge on any atom is 0.0445 e. The van der Waals surface area contributed by atoms with Gasteiger partial charge < -0.3 is 0 Å². The van der Waals surface area contributed by atoms with Crippen LogP contribution in [0.25, 0.3) is 0 Å². The van der Waals surface area contributed by atoms with Gasteiger partial charge in [-0.25, -0.2) is 0 Å². The maximum atomic E-state index is 6.45. The molecule has 0 saturated heterocycles. The van der Waals surface area contributed by atoms with E-state index in [1.54, 1.807) is 0 Å². The summed E-state index contributed by atoms with van der Waals surface area (Å²) in [6.45, 7) is 7.35. The quantitative estimate of drug-likeness (QED) is 0.367. The molecule has 0 aromatic carbocycles. The Balaban J connectivity index is 2.51. The fourth-order valence-electron chi connectivity index (χ4n) is 2.23. The second kappa shape index (κ2) is 5.36. The van der Waals surface area contributed by atoms with Gasteiger partial charge in [-0.3, -0.25) is 0 Å². The second-order valence-corrected chi connectivity index (χ2v) is 11.8. The molecule has 0 N–H and O–H groups in total. The van der Waals surface area contributed by atoms with Gasteiger partial charge in [0.05, 0.1) is 0 Å². The molecule has 0 saturated carbocycles. The Hall–Kier alpha value is 0.247. The van der Waals surface area contributed by atoms with Crippen LogP contribution in [0.2, 0.25) is 25.7 Å². The zero-order chi connectivity index (χ0) is 10.6. The fourth-order valence-corrected chi connectivity index (χ4v) is 4.79. The molecule has 1 aliphatic rings. The predicted molar refractivity (Wildman–Crippen MR) is 68.9 cm³/mol. The van der Waals surface area contributed by atoms with E-state index in [1.165, 1.54) is 31.7 Å². The van der Waals surface area contributed by atoms with E-state index in [4.69, 9.17) is 11.6 Å². The highest BCUT2D eigenvalue weighted by Gasteiger charge is 2.25. The van der Waals surface area contributed by atoms with Gasteiger partial charge in [-0.1, -0.05) is 37.8 Å². The van der Waals surface area contributed by atoms with Crippen LogP contribution in [0.3, 0.4) is 0 Å². The van der Waals surface area contributed by atoms with Crippen molar-refractivity contribution in [1.29, 1.82) is 0 Å². The molecule has 82 valence electrons. The smallest absolute Gasteiger partial charge is 0.0445 e. The lowest BCUT2D eigenvalue weighted by Crippen LogP contribution is -2.28. The van der Waals surface area contributed by atoms with Crippen LogP contribution in [0.4, 0.5) is 0 Å². The van der Waals surface area contributed by atoms with E-state index >= 15 is 0 Å². The molecule has 0 aromatic heterocycles. The normalized spacial score (nSPS) is 32.0. The Kier molecular flexibility index (Phi) is 4.72. The third-order valence-corrected chi connectivity index (χ3v) is 5.19. The third-order valence-electron chi connectivity index (χ3n) is 2.87. The van der Waals surface area contributed by atoms with Gasteiger partial charge in [0.15, 0.2) is 0 Å². The van der Waals surface area contributed by atoms with Crippen molar-refractivity contribution in [2.75, 3.05) is 0 Å². The second-order valence-electron chi connectivity index (χ2n) is 5.67. The SMILES string of the molecule is C[Si](C)(C)CC1CC/C=C\CCC1Cl. The van der Waals surface area contributed by atoms with Crippen molar-refractivity contribution in [3.8, 4) is 0 Å². The van der Waals surface area contributed by atoms with Crippen molar-refractivity contribution in [2.45, 2.75) is 56.7 Å². The topological polar surface area (TPSA) is 0 Å². The standard InChI is InChI=1S/C12H23ClSi/c1-14(2,3)10-11-8-6-4-5-7-9-12(11)13/h4-5,11-12H,6-10H2,1-3H3/b5-4-. The minimum atomic E-state index is -0.934. The molecule has 1 aliphatic carbocycles. The molecule has 0 fully saturated rings. The monoisotopic (exact) mass is 230 g/mol. The Morgan fingerprint density at radius 1 is 1.14 bits per heavy atom. The summed E-state index contributed by atoms with van der Waals surface area (Å²) in [7, 11) is -0.934. The minimum Gasteiger partial charge on any atom is -0.123 e. The summed E-state index contributed by atoms with van der Waals surface area (Å²) in [6, 6.07) is 1.40. The van der Waals surface area contributed by atoms with Crippen molar-refractivity contribution in [3.63, 3.8) is 0 Å². The molecule has 0 amide bonds. The summed E-state index contributed by atoms with van der Waals surface area (Å²) in [4.78, 5) is 0. The molecule has 0 spiro atoms.